The molecule has 4 nitrogen and oxygen atoms in total. The number of likely N-dealkylation sites (tertiary alicyclic amines) is 1. The summed E-state index contributed by atoms with van der Waals surface area (Å²) in [7, 11) is 0. The van der Waals surface area contributed by atoms with Gasteiger partial charge in [0.05, 0.1) is 18.7 Å². The van der Waals surface area contributed by atoms with Crippen LogP contribution in [-0.4, -0.2) is 28.6 Å². The van der Waals surface area contributed by atoms with Crippen LogP contribution in [0.1, 0.15) is 45.5 Å². The van der Waals surface area contributed by atoms with Crippen LogP contribution in [0, 0.1) is 5.21 Å². The molecule has 1 aliphatic carbocycles. The SMILES string of the molecule is O=C(c1ccncc1)[N+]1([O-])CCC(=C2c3ccccc3CCc3ccccc32)CC1. The zero-order valence-corrected chi connectivity index (χ0v) is 16.9. The molecule has 1 aliphatic heterocycles. The highest BCUT2D eigenvalue weighted by Gasteiger charge is 2.34. The topological polar surface area (TPSA) is 53.0 Å². The third-order valence-corrected chi connectivity index (χ3v) is 6.44. The standard InChI is InChI=1S/C26H24N2O2/c29-26(22-11-15-27-16-12-22)28(30)17-13-21(14-18-28)25-23-7-3-1-5-19(23)9-10-20-6-2-4-8-24(20)25/h1-8,11-12,15-16H,9-10,13-14,17-18H2. The third kappa shape index (κ3) is 3.28. The van der Waals surface area contributed by atoms with Gasteiger partial charge in [-0.15, -0.1) is 0 Å². The smallest absolute Gasteiger partial charge is 0.345 e. The summed E-state index contributed by atoms with van der Waals surface area (Å²) in [6.45, 7) is 0.564. The monoisotopic (exact) mass is 396 g/mol. The van der Waals surface area contributed by atoms with Gasteiger partial charge in [-0.05, 0) is 52.8 Å². The van der Waals surface area contributed by atoms with Crippen molar-refractivity contribution < 1.29 is 9.44 Å². The Morgan fingerprint density at radius 2 is 1.30 bits per heavy atom. The van der Waals surface area contributed by atoms with E-state index in [2.05, 4.69) is 53.5 Å². The molecule has 1 amide bonds. The maximum Gasteiger partial charge on any atom is 0.345 e. The Kier molecular flexibility index (Phi) is 4.81. The van der Waals surface area contributed by atoms with Crippen molar-refractivity contribution in [2.45, 2.75) is 25.7 Å². The number of quaternary nitrogens is 1. The van der Waals surface area contributed by atoms with Crippen LogP contribution in [0.2, 0.25) is 0 Å². The molecular weight excluding hydrogens is 372 g/mol. The number of carbonyl (C=O) groups is 1. The second-order valence-electron chi connectivity index (χ2n) is 8.17. The Morgan fingerprint density at radius 1 is 0.767 bits per heavy atom. The molecule has 0 bridgehead atoms. The first-order chi connectivity index (χ1) is 14.7. The largest absolute Gasteiger partial charge is 0.625 e. The van der Waals surface area contributed by atoms with Gasteiger partial charge < -0.3 is 5.21 Å². The van der Waals surface area contributed by atoms with Crippen LogP contribution in [0.25, 0.3) is 5.57 Å². The first-order valence-corrected chi connectivity index (χ1v) is 10.6. The number of benzene rings is 2. The van der Waals surface area contributed by atoms with Gasteiger partial charge in [-0.25, -0.2) is 4.79 Å². The molecule has 3 aromatic rings. The number of carbonyl (C=O) groups excluding carboxylic acids is 1. The van der Waals surface area contributed by atoms with E-state index in [1.807, 2.05) is 0 Å². The highest BCUT2D eigenvalue weighted by Crippen LogP contribution is 2.39. The number of amides is 1. The van der Waals surface area contributed by atoms with Crippen molar-refractivity contribution in [2.75, 3.05) is 13.1 Å². The maximum absolute atomic E-state index is 13.4. The van der Waals surface area contributed by atoms with E-state index in [0.29, 0.717) is 18.4 Å². The molecular formula is C26H24N2O2. The van der Waals surface area contributed by atoms with E-state index >= 15 is 0 Å². The molecule has 0 N–H and O–H groups in total. The Hall–Kier alpha value is -3.08. The highest BCUT2D eigenvalue weighted by molar-refractivity contribution is 5.89. The van der Waals surface area contributed by atoms with Crippen LogP contribution in [0.3, 0.4) is 0 Å². The molecule has 30 heavy (non-hydrogen) atoms. The molecule has 2 heterocycles. The summed E-state index contributed by atoms with van der Waals surface area (Å²) in [5, 5.41) is 13.4. The number of aromatic nitrogens is 1. The van der Waals surface area contributed by atoms with E-state index in [0.717, 1.165) is 12.8 Å². The van der Waals surface area contributed by atoms with Gasteiger partial charge in [0.2, 0.25) is 0 Å². The molecule has 0 radical (unpaired) electrons. The van der Waals surface area contributed by atoms with Gasteiger partial charge in [-0.3, -0.25) is 9.63 Å². The summed E-state index contributed by atoms with van der Waals surface area (Å²) >= 11 is 0. The summed E-state index contributed by atoms with van der Waals surface area (Å²) in [5.41, 5.74) is 8.30. The fraction of sp³-hybridized carbons (Fsp3) is 0.231. The van der Waals surface area contributed by atoms with Crippen molar-refractivity contribution in [1.82, 2.24) is 4.98 Å². The predicted molar refractivity (Wildman–Crippen MR) is 117 cm³/mol. The predicted octanol–water partition coefficient (Wildman–Crippen LogP) is 4.93. The second kappa shape index (κ2) is 7.63. The molecule has 0 atom stereocenters. The van der Waals surface area contributed by atoms with Gasteiger partial charge in [-0.1, -0.05) is 54.1 Å². The van der Waals surface area contributed by atoms with E-state index in [1.165, 1.54) is 33.4 Å². The number of pyridine rings is 1. The lowest BCUT2D eigenvalue weighted by Gasteiger charge is -2.43. The third-order valence-electron chi connectivity index (χ3n) is 6.44. The Bertz CT molecular complexity index is 1080. The van der Waals surface area contributed by atoms with Gasteiger partial charge in [0.1, 0.15) is 0 Å². The van der Waals surface area contributed by atoms with E-state index < -0.39 is 4.65 Å². The Morgan fingerprint density at radius 3 is 1.87 bits per heavy atom. The molecule has 5 rings (SSSR count). The molecule has 1 aromatic heterocycles. The Labute approximate surface area is 176 Å². The average molecular weight is 396 g/mol. The van der Waals surface area contributed by atoms with Gasteiger partial charge in [0, 0.05) is 25.2 Å². The van der Waals surface area contributed by atoms with Gasteiger partial charge in [0.15, 0.2) is 0 Å². The van der Waals surface area contributed by atoms with Crippen molar-refractivity contribution in [3.63, 3.8) is 0 Å². The first kappa shape index (κ1) is 18.9. The zero-order chi connectivity index (χ0) is 20.6. The molecule has 2 aromatic carbocycles. The van der Waals surface area contributed by atoms with Gasteiger partial charge in [-0.2, -0.15) is 0 Å². The summed E-state index contributed by atoms with van der Waals surface area (Å²) in [5.74, 6) is -0.358. The maximum atomic E-state index is 13.4. The number of nitrogens with zero attached hydrogens (tertiary/aromatic N) is 2. The van der Waals surface area contributed by atoms with E-state index in [1.54, 1.807) is 24.5 Å². The normalized spacial score (nSPS) is 20.8. The van der Waals surface area contributed by atoms with Crippen LogP contribution >= 0.6 is 0 Å². The molecule has 0 spiro atoms. The zero-order valence-electron chi connectivity index (χ0n) is 16.9. The number of hydroxylamine groups is 3. The van der Waals surface area contributed by atoms with E-state index in [-0.39, 0.29) is 19.0 Å². The van der Waals surface area contributed by atoms with E-state index in [4.69, 9.17) is 0 Å². The molecule has 1 saturated heterocycles. The quantitative estimate of drug-likeness (QED) is 0.433. The number of rotatable bonds is 1. The molecule has 2 aliphatic rings. The minimum atomic E-state index is -0.788. The molecule has 1 fully saturated rings. The molecule has 150 valence electrons. The van der Waals surface area contributed by atoms with Crippen molar-refractivity contribution in [3.8, 4) is 0 Å². The lowest BCUT2D eigenvalue weighted by molar-refractivity contribution is -0.801. The number of piperidine rings is 1. The molecule has 0 unspecified atom stereocenters. The van der Waals surface area contributed by atoms with E-state index in [9.17, 15) is 10.0 Å². The number of hydrogen-bond donors (Lipinski definition) is 0. The second-order valence-corrected chi connectivity index (χ2v) is 8.17. The summed E-state index contributed by atoms with van der Waals surface area (Å²) < 4.78 is -0.788. The highest BCUT2D eigenvalue weighted by atomic mass is 16.6. The fourth-order valence-electron chi connectivity index (χ4n) is 4.81. The van der Waals surface area contributed by atoms with Crippen LogP contribution < -0.4 is 0 Å². The average Bonchev–Trinajstić information content (AvgIpc) is 2.97. The van der Waals surface area contributed by atoms with Crippen molar-refractivity contribution in [1.29, 1.82) is 0 Å². The summed E-state index contributed by atoms with van der Waals surface area (Å²) in [6.07, 6.45) is 6.45. The van der Waals surface area contributed by atoms with Gasteiger partial charge >= 0.3 is 5.91 Å². The van der Waals surface area contributed by atoms with Crippen LogP contribution in [-0.2, 0) is 12.8 Å². The number of fused-ring (bicyclic) bond motifs is 2. The van der Waals surface area contributed by atoms with Crippen molar-refractivity contribution in [2.24, 2.45) is 0 Å². The first-order valence-electron chi connectivity index (χ1n) is 10.6. The molecule has 0 saturated carbocycles. The Balaban J connectivity index is 1.53. The lowest BCUT2D eigenvalue weighted by atomic mass is 9.86. The van der Waals surface area contributed by atoms with Crippen molar-refractivity contribution >= 4 is 11.5 Å². The van der Waals surface area contributed by atoms with Crippen LogP contribution in [0.15, 0.2) is 78.6 Å². The van der Waals surface area contributed by atoms with Crippen LogP contribution in [0.4, 0.5) is 0 Å². The summed E-state index contributed by atoms with van der Waals surface area (Å²) in [4.78, 5) is 16.8. The van der Waals surface area contributed by atoms with Crippen molar-refractivity contribution in [3.05, 3.63) is 112 Å². The fourth-order valence-corrected chi connectivity index (χ4v) is 4.81. The van der Waals surface area contributed by atoms with Crippen LogP contribution in [0.5, 0.6) is 0 Å². The number of hydrogen-bond acceptors (Lipinski definition) is 3. The number of aryl methyl sites for hydroxylation is 2. The van der Waals surface area contributed by atoms with Gasteiger partial charge in [0.25, 0.3) is 0 Å². The lowest BCUT2D eigenvalue weighted by Crippen LogP contribution is -2.51. The minimum Gasteiger partial charge on any atom is -0.625 e. The minimum absolute atomic E-state index is 0.282. The summed E-state index contributed by atoms with van der Waals surface area (Å²) in [6, 6.07) is 20.5. The molecule has 4 heteroatoms.